The summed E-state index contributed by atoms with van der Waals surface area (Å²) in [5, 5.41) is 37.5. The van der Waals surface area contributed by atoms with Gasteiger partial charge in [-0.15, -0.1) is 12.3 Å². The van der Waals surface area contributed by atoms with Crippen molar-refractivity contribution in [2.75, 3.05) is 19.0 Å². The zero-order valence-corrected chi connectivity index (χ0v) is 27.6. The van der Waals surface area contributed by atoms with Gasteiger partial charge in [0.05, 0.1) is 11.0 Å². The number of phenols is 1. The number of terminal acetylenes is 1. The molecule has 2 aromatic carbocycles. The molecule has 0 spiro atoms. The number of aliphatic hydroxyl groups excluding tert-OH is 1. The average molecular weight is 665 g/mol. The maximum absolute atomic E-state index is 13.1. The molecule has 256 valence electrons. The van der Waals surface area contributed by atoms with Crippen LogP contribution in [-0.4, -0.2) is 71.2 Å². The number of alkyl carbamates (subject to hydrolysis) is 1. The minimum Gasteiger partial charge on any atom is -0.508 e. The predicted octanol–water partition coefficient (Wildman–Crippen LogP) is 4.28. The van der Waals surface area contributed by atoms with Gasteiger partial charge in [0.25, 0.3) is 5.91 Å². The van der Waals surface area contributed by atoms with E-state index in [0.29, 0.717) is 12.0 Å². The van der Waals surface area contributed by atoms with Crippen LogP contribution in [0.5, 0.6) is 17.2 Å². The Balaban J connectivity index is 1.59. The van der Waals surface area contributed by atoms with Gasteiger partial charge in [0.15, 0.2) is 23.6 Å². The van der Waals surface area contributed by atoms with Crippen molar-refractivity contribution in [2.24, 2.45) is 0 Å². The molecule has 1 fully saturated rings. The maximum atomic E-state index is 13.1. The molecular weight excluding hydrogens is 624 g/mol. The van der Waals surface area contributed by atoms with Gasteiger partial charge in [0, 0.05) is 31.2 Å². The summed E-state index contributed by atoms with van der Waals surface area (Å²) in [6.45, 7) is 8.91. The van der Waals surface area contributed by atoms with Crippen molar-refractivity contribution in [2.45, 2.75) is 77.7 Å². The number of carbonyl (C=O) groups is 2. The molecule has 2 heterocycles. The molecule has 0 unspecified atom stereocenters. The van der Waals surface area contributed by atoms with Gasteiger partial charge in [-0.2, -0.15) is 0 Å². The Bertz CT molecular complexity index is 1820. The summed E-state index contributed by atoms with van der Waals surface area (Å²) in [7, 11) is 1.39. The number of ether oxygens (including phenoxy) is 4. The fourth-order valence-corrected chi connectivity index (χ4v) is 5.33. The largest absolute Gasteiger partial charge is 0.508 e. The molecule has 5 N–H and O–H groups in total. The Morgan fingerprint density at radius 3 is 2.56 bits per heavy atom. The van der Waals surface area contributed by atoms with Crippen molar-refractivity contribution in [1.82, 2.24) is 5.32 Å². The fourth-order valence-electron chi connectivity index (χ4n) is 5.33. The van der Waals surface area contributed by atoms with Crippen LogP contribution in [0.1, 0.15) is 55.6 Å². The predicted molar refractivity (Wildman–Crippen MR) is 176 cm³/mol. The highest BCUT2D eigenvalue weighted by Gasteiger charge is 2.53. The van der Waals surface area contributed by atoms with Crippen LogP contribution in [0.2, 0.25) is 0 Å². The first-order valence-corrected chi connectivity index (χ1v) is 15.2. The van der Waals surface area contributed by atoms with Crippen LogP contribution in [0.15, 0.2) is 51.2 Å². The van der Waals surface area contributed by atoms with Gasteiger partial charge in [0.1, 0.15) is 23.2 Å². The molecule has 1 saturated heterocycles. The van der Waals surface area contributed by atoms with E-state index in [9.17, 15) is 29.7 Å². The fraction of sp³-hybridized carbons (Fsp3) is 0.400. The number of hydrogen-bond donors (Lipinski definition) is 5. The molecule has 0 saturated carbocycles. The molecule has 4 rings (SSSR count). The number of benzene rings is 2. The Hall–Kier alpha value is -5.03. The van der Waals surface area contributed by atoms with E-state index in [1.54, 1.807) is 20.8 Å². The van der Waals surface area contributed by atoms with E-state index in [1.165, 1.54) is 37.4 Å². The van der Waals surface area contributed by atoms with E-state index >= 15 is 0 Å². The van der Waals surface area contributed by atoms with Crippen LogP contribution in [0.25, 0.3) is 11.0 Å². The summed E-state index contributed by atoms with van der Waals surface area (Å²) in [5.41, 5.74) is -0.675. The third-order valence-corrected chi connectivity index (χ3v) is 7.86. The number of allylic oxidation sites excluding steroid dienone is 2. The van der Waals surface area contributed by atoms with Crippen LogP contribution in [0.4, 0.5) is 10.5 Å². The Morgan fingerprint density at radius 1 is 1.17 bits per heavy atom. The zero-order valence-electron chi connectivity index (χ0n) is 27.6. The van der Waals surface area contributed by atoms with Crippen molar-refractivity contribution < 1.29 is 48.3 Å². The van der Waals surface area contributed by atoms with Gasteiger partial charge < -0.3 is 49.3 Å². The first kappa shape index (κ1) is 35.8. The molecule has 1 aliphatic rings. The summed E-state index contributed by atoms with van der Waals surface area (Å²) in [6, 6.07) is 7.14. The highest BCUT2D eigenvalue weighted by Crippen LogP contribution is 2.38. The second kappa shape index (κ2) is 14.8. The Kier molecular flexibility index (Phi) is 11.1. The lowest BCUT2D eigenvalue weighted by atomic mass is 9.89. The van der Waals surface area contributed by atoms with Crippen LogP contribution >= 0.6 is 0 Å². The topological polar surface area (TPSA) is 186 Å². The molecule has 4 atom stereocenters. The second-order valence-corrected chi connectivity index (χ2v) is 12.1. The molecule has 2 amide bonds. The van der Waals surface area contributed by atoms with E-state index in [2.05, 4.69) is 16.6 Å². The van der Waals surface area contributed by atoms with Gasteiger partial charge in [-0.3, -0.25) is 4.79 Å². The standard InChI is InChI=1S/C35H40N2O11/c1-8-9-16-36-34(43)47-29-27(40)33(48-35(5,6)30(29)44-7)45-24-15-13-22-26(39)25(32(42)46-28(22)19(24)4)37-31(41)21-12-14-23(38)20(17-21)11-10-18(2)3/h1,10,12-15,17,27,29-30,33,38-40H,9,11,16H2,2-7H3,(H,36,43)(H,37,41)/t27-,29+,30-,33-/m1/s1. The van der Waals surface area contributed by atoms with E-state index in [0.717, 1.165) is 5.57 Å². The average Bonchev–Trinajstić information content (AvgIpc) is 3.02. The first-order valence-electron chi connectivity index (χ1n) is 15.2. The van der Waals surface area contributed by atoms with E-state index in [4.69, 9.17) is 29.8 Å². The quantitative estimate of drug-likeness (QED) is 0.0902. The smallest absolute Gasteiger partial charge is 0.407 e. The maximum Gasteiger partial charge on any atom is 0.407 e. The van der Waals surface area contributed by atoms with Crippen molar-refractivity contribution in [3.8, 4) is 29.6 Å². The summed E-state index contributed by atoms with van der Waals surface area (Å²) < 4.78 is 28.6. The van der Waals surface area contributed by atoms with Crippen LogP contribution in [0, 0.1) is 19.3 Å². The SMILES string of the molecule is C#CCCNC(=O)O[C@H]1[C@@H](O)[C@H](Oc2ccc3c(O)c(NC(=O)c4ccc(O)c(CC=C(C)C)c4)c(=O)oc3c2C)OC(C)(C)[C@@H]1OC. The zero-order chi connectivity index (χ0) is 35.3. The minimum absolute atomic E-state index is 0.0171. The highest BCUT2D eigenvalue weighted by atomic mass is 16.7. The number of hydrogen-bond acceptors (Lipinski definition) is 11. The van der Waals surface area contributed by atoms with E-state index in [1.807, 2.05) is 19.9 Å². The van der Waals surface area contributed by atoms with Crippen molar-refractivity contribution in [1.29, 1.82) is 0 Å². The van der Waals surface area contributed by atoms with E-state index < -0.39 is 59.3 Å². The third-order valence-electron chi connectivity index (χ3n) is 7.86. The normalized spacial score (nSPS) is 20.0. The molecule has 0 bridgehead atoms. The number of aromatic hydroxyl groups is 2. The van der Waals surface area contributed by atoms with Gasteiger partial charge in [-0.1, -0.05) is 11.6 Å². The van der Waals surface area contributed by atoms with Gasteiger partial charge in [-0.05, 0) is 76.9 Å². The number of nitrogens with one attached hydrogen (secondary N) is 2. The molecule has 1 aromatic heterocycles. The van der Waals surface area contributed by atoms with Crippen LogP contribution in [0.3, 0.4) is 0 Å². The number of rotatable bonds is 10. The lowest BCUT2D eigenvalue weighted by Gasteiger charge is -2.47. The molecule has 0 aliphatic carbocycles. The molecule has 3 aromatic rings. The molecule has 13 nitrogen and oxygen atoms in total. The number of methoxy groups -OCH3 is 1. The molecule has 1 aliphatic heterocycles. The number of carbonyl (C=O) groups excluding carboxylic acids is 2. The van der Waals surface area contributed by atoms with Crippen molar-refractivity contribution >= 4 is 28.7 Å². The monoisotopic (exact) mass is 664 g/mol. The van der Waals surface area contributed by atoms with Gasteiger partial charge >= 0.3 is 11.7 Å². The summed E-state index contributed by atoms with van der Waals surface area (Å²) in [4.78, 5) is 38.6. The summed E-state index contributed by atoms with van der Waals surface area (Å²) in [6.07, 6.45) is 2.02. The first-order chi connectivity index (χ1) is 22.7. The number of fused-ring (bicyclic) bond motifs is 1. The second-order valence-electron chi connectivity index (χ2n) is 12.1. The van der Waals surface area contributed by atoms with Crippen molar-refractivity contribution in [3.05, 3.63) is 69.1 Å². The summed E-state index contributed by atoms with van der Waals surface area (Å²) >= 11 is 0. The summed E-state index contributed by atoms with van der Waals surface area (Å²) in [5.74, 6) is 1.31. The Labute approximate surface area is 277 Å². The van der Waals surface area contributed by atoms with E-state index in [-0.39, 0.29) is 46.6 Å². The van der Waals surface area contributed by atoms with Crippen LogP contribution in [-0.2, 0) is 20.6 Å². The lowest BCUT2D eigenvalue weighted by molar-refractivity contribution is -0.305. The number of anilines is 1. The lowest BCUT2D eigenvalue weighted by Crippen LogP contribution is -2.65. The molecule has 48 heavy (non-hydrogen) atoms. The number of aliphatic hydroxyl groups is 1. The third kappa shape index (κ3) is 7.74. The van der Waals surface area contributed by atoms with Gasteiger partial charge in [0.2, 0.25) is 6.29 Å². The number of aryl methyl sites for hydroxylation is 1. The highest BCUT2D eigenvalue weighted by molar-refractivity contribution is 6.06. The molecular formula is C35H40N2O11. The minimum atomic E-state index is -1.52. The Morgan fingerprint density at radius 2 is 1.90 bits per heavy atom. The van der Waals surface area contributed by atoms with Crippen molar-refractivity contribution in [3.63, 3.8) is 0 Å². The van der Waals surface area contributed by atoms with Gasteiger partial charge in [-0.25, -0.2) is 9.59 Å². The molecule has 13 heteroatoms. The number of amides is 2. The molecule has 0 radical (unpaired) electrons. The van der Waals surface area contributed by atoms with Crippen LogP contribution < -0.4 is 21.0 Å². The number of phenolic OH excluding ortho intramolecular Hbond substituents is 1.